The molecule has 0 aromatic rings. The molecule has 100 valence electrons. The largest absolute Gasteiger partial charge is 0.397 e. The van der Waals surface area contributed by atoms with Gasteiger partial charge < -0.3 is 8.85 Å². The van der Waals surface area contributed by atoms with Gasteiger partial charge >= 0.3 is 8.56 Å². The monoisotopic (exact) mass is 260 g/mol. The lowest BCUT2D eigenvalue weighted by Gasteiger charge is -2.33. The number of hydrogen-bond donors (Lipinski definition) is 0. The van der Waals surface area contributed by atoms with Crippen molar-refractivity contribution in [1.82, 2.24) is 0 Å². The van der Waals surface area contributed by atoms with Gasteiger partial charge in [-0.05, 0) is 6.04 Å². The second-order valence-electron chi connectivity index (χ2n) is 4.04. The third-order valence-corrected chi connectivity index (χ3v) is 7.17. The molecule has 0 aliphatic heterocycles. The lowest BCUT2D eigenvalue weighted by atomic mass is 10.1. The molecular weight excluding hydrogens is 236 g/mol. The Kier molecular flexibility index (Phi) is 7.50. The molecule has 0 aliphatic carbocycles. The van der Waals surface area contributed by atoms with E-state index in [9.17, 15) is 9.59 Å². The van der Waals surface area contributed by atoms with Crippen LogP contribution in [0.4, 0.5) is 0 Å². The lowest BCUT2D eigenvalue weighted by Crippen LogP contribution is -2.50. The Labute approximate surface area is 105 Å². The molecule has 0 bridgehead atoms. The molecule has 0 saturated heterocycles. The van der Waals surface area contributed by atoms with Crippen LogP contribution < -0.4 is 0 Å². The van der Waals surface area contributed by atoms with E-state index in [0.29, 0.717) is 18.9 Å². The average molecular weight is 260 g/mol. The van der Waals surface area contributed by atoms with Crippen LogP contribution in [0.5, 0.6) is 0 Å². The highest BCUT2D eigenvalue weighted by Crippen LogP contribution is 2.32. The summed E-state index contributed by atoms with van der Waals surface area (Å²) in [5.74, 6) is -0.110. The van der Waals surface area contributed by atoms with Crippen LogP contribution in [0.3, 0.4) is 0 Å². The first-order chi connectivity index (χ1) is 8.02. The molecule has 0 rings (SSSR count). The standard InChI is InChI=1S/C12H24O4Si/c1-6-9-17(15-4,16-5)12(10(13)7-2)11(14)8-3/h12H,6-9H2,1-5H3. The van der Waals surface area contributed by atoms with Crippen LogP contribution in [0.25, 0.3) is 0 Å². The Morgan fingerprint density at radius 2 is 1.41 bits per heavy atom. The van der Waals surface area contributed by atoms with Crippen LogP contribution in [0.15, 0.2) is 0 Å². The molecular formula is C12H24O4Si. The molecule has 0 unspecified atom stereocenters. The number of rotatable bonds is 9. The molecule has 0 N–H and O–H groups in total. The smallest absolute Gasteiger partial charge is 0.356 e. The van der Waals surface area contributed by atoms with Crippen LogP contribution in [-0.2, 0) is 18.4 Å². The van der Waals surface area contributed by atoms with Crippen LogP contribution in [0.2, 0.25) is 11.6 Å². The van der Waals surface area contributed by atoms with Crippen molar-refractivity contribution in [1.29, 1.82) is 0 Å². The number of Topliss-reactive ketones (excluding diaryl/α,β-unsaturated/α-hetero) is 2. The van der Waals surface area contributed by atoms with Crippen LogP contribution >= 0.6 is 0 Å². The molecule has 0 aromatic heterocycles. The molecule has 0 aliphatic rings. The maximum atomic E-state index is 12.0. The summed E-state index contributed by atoms with van der Waals surface area (Å²) in [6, 6.07) is 0.669. The van der Waals surface area contributed by atoms with Crippen molar-refractivity contribution >= 4 is 20.1 Å². The first-order valence-electron chi connectivity index (χ1n) is 6.18. The Morgan fingerprint density at radius 1 is 1.00 bits per heavy atom. The summed E-state index contributed by atoms with van der Waals surface area (Å²) < 4.78 is 11.0. The highest BCUT2D eigenvalue weighted by molar-refractivity contribution is 6.76. The van der Waals surface area contributed by atoms with E-state index in [1.165, 1.54) is 0 Å². The van der Waals surface area contributed by atoms with Crippen LogP contribution in [0, 0.1) is 0 Å². The first-order valence-corrected chi connectivity index (χ1v) is 8.28. The van der Waals surface area contributed by atoms with E-state index in [1.807, 2.05) is 6.92 Å². The molecule has 0 spiro atoms. The molecule has 4 nitrogen and oxygen atoms in total. The van der Waals surface area contributed by atoms with Gasteiger partial charge in [-0.2, -0.15) is 0 Å². The average Bonchev–Trinajstić information content (AvgIpc) is 2.37. The minimum atomic E-state index is -2.74. The summed E-state index contributed by atoms with van der Waals surface area (Å²) in [5, 5.41) is 0. The summed E-state index contributed by atoms with van der Waals surface area (Å²) in [7, 11) is 0.352. The maximum Gasteiger partial charge on any atom is 0.356 e. The van der Waals surface area contributed by atoms with Crippen LogP contribution in [0.1, 0.15) is 40.0 Å². The van der Waals surface area contributed by atoms with Gasteiger partial charge in [0.05, 0.1) is 0 Å². The number of carbonyl (C=O) groups excluding carboxylic acids is 2. The Morgan fingerprint density at radius 3 is 1.65 bits per heavy atom. The van der Waals surface area contributed by atoms with Gasteiger partial charge in [0.1, 0.15) is 17.1 Å². The fourth-order valence-corrected chi connectivity index (χ4v) is 5.52. The topological polar surface area (TPSA) is 52.6 Å². The third-order valence-electron chi connectivity index (χ3n) is 3.07. The fourth-order valence-electron chi connectivity index (χ4n) is 2.09. The van der Waals surface area contributed by atoms with Gasteiger partial charge in [-0.3, -0.25) is 9.59 Å². The molecule has 0 aromatic carbocycles. The van der Waals surface area contributed by atoms with Crippen molar-refractivity contribution in [3.8, 4) is 0 Å². The number of ketones is 2. The lowest BCUT2D eigenvalue weighted by molar-refractivity contribution is -0.127. The second-order valence-corrected chi connectivity index (χ2v) is 7.56. The normalized spacial score (nSPS) is 11.9. The molecule has 5 heteroatoms. The van der Waals surface area contributed by atoms with E-state index in [1.54, 1.807) is 28.1 Å². The minimum Gasteiger partial charge on any atom is -0.397 e. The zero-order chi connectivity index (χ0) is 13.5. The van der Waals surface area contributed by atoms with E-state index in [-0.39, 0.29) is 11.6 Å². The quantitative estimate of drug-likeness (QED) is 0.472. The van der Waals surface area contributed by atoms with Gasteiger partial charge in [-0.25, -0.2) is 0 Å². The van der Waals surface area contributed by atoms with Crippen LogP contribution in [-0.4, -0.2) is 34.3 Å². The molecule has 0 radical (unpaired) electrons. The van der Waals surface area contributed by atoms with Gasteiger partial charge in [-0.1, -0.05) is 27.2 Å². The fraction of sp³-hybridized carbons (Fsp3) is 0.833. The van der Waals surface area contributed by atoms with Gasteiger partial charge in [0.2, 0.25) is 0 Å². The van der Waals surface area contributed by atoms with E-state index in [0.717, 1.165) is 6.42 Å². The predicted molar refractivity (Wildman–Crippen MR) is 69.2 cm³/mol. The van der Waals surface area contributed by atoms with E-state index in [2.05, 4.69) is 0 Å². The second kappa shape index (κ2) is 7.74. The summed E-state index contributed by atoms with van der Waals surface area (Å²) in [6.07, 6.45) is 1.54. The Balaban J connectivity index is 5.34. The SMILES string of the molecule is CCC[Si](OC)(OC)C(C(=O)CC)C(=O)CC. The number of hydrogen-bond acceptors (Lipinski definition) is 4. The van der Waals surface area contributed by atoms with E-state index >= 15 is 0 Å². The summed E-state index contributed by atoms with van der Waals surface area (Å²) >= 11 is 0. The zero-order valence-electron chi connectivity index (χ0n) is 11.5. The van der Waals surface area contributed by atoms with E-state index in [4.69, 9.17) is 8.85 Å². The zero-order valence-corrected chi connectivity index (χ0v) is 12.5. The molecule has 17 heavy (non-hydrogen) atoms. The van der Waals surface area contributed by atoms with Crippen molar-refractivity contribution in [3.05, 3.63) is 0 Å². The maximum absolute atomic E-state index is 12.0. The van der Waals surface area contributed by atoms with E-state index < -0.39 is 14.1 Å². The Bertz CT molecular complexity index is 245. The van der Waals surface area contributed by atoms with Crippen molar-refractivity contribution in [3.63, 3.8) is 0 Å². The summed E-state index contributed by atoms with van der Waals surface area (Å²) in [6.45, 7) is 5.55. The van der Waals surface area contributed by atoms with Crippen molar-refractivity contribution in [2.24, 2.45) is 0 Å². The summed E-state index contributed by atoms with van der Waals surface area (Å²) in [4.78, 5) is 24.0. The molecule has 0 heterocycles. The predicted octanol–water partition coefficient (Wildman–Crippen LogP) is 2.46. The highest BCUT2D eigenvalue weighted by atomic mass is 28.4. The van der Waals surface area contributed by atoms with Gasteiger partial charge in [-0.15, -0.1) is 0 Å². The summed E-state index contributed by atoms with van der Waals surface area (Å²) in [5.41, 5.74) is -0.674. The minimum absolute atomic E-state index is 0.0549. The molecule has 0 atom stereocenters. The first kappa shape index (κ1) is 16.5. The van der Waals surface area contributed by atoms with Gasteiger partial charge in [0.25, 0.3) is 0 Å². The molecule has 0 amide bonds. The van der Waals surface area contributed by atoms with Gasteiger partial charge in [0.15, 0.2) is 0 Å². The third kappa shape index (κ3) is 3.72. The Hall–Kier alpha value is -0.523. The molecule has 0 saturated carbocycles. The van der Waals surface area contributed by atoms with Crippen molar-refractivity contribution < 1.29 is 18.4 Å². The highest BCUT2D eigenvalue weighted by Gasteiger charge is 2.50. The van der Waals surface area contributed by atoms with Crippen molar-refractivity contribution in [2.45, 2.75) is 51.6 Å². The van der Waals surface area contributed by atoms with Crippen molar-refractivity contribution in [2.75, 3.05) is 14.2 Å². The number of carbonyl (C=O) groups is 2. The molecule has 0 fully saturated rings. The van der Waals surface area contributed by atoms with Gasteiger partial charge in [0, 0.05) is 27.1 Å².